The van der Waals surface area contributed by atoms with Gasteiger partial charge < -0.3 is 18.9 Å². The van der Waals surface area contributed by atoms with E-state index in [0.717, 1.165) is 35.9 Å². The summed E-state index contributed by atoms with van der Waals surface area (Å²) in [6.45, 7) is 6.95. The second-order valence-corrected chi connectivity index (χ2v) is 9.45. The Morgan fingerprint density at radius 1 is 1.37 bits per heavy atom. The molecule has 0 radical (unpaired) electrons. The van der Waals surface area contributed by atoms with E-state index in [1.807, 2.05) is 10.6 Å². The van der Waals surface area contributed by atoms with Crippen LogP contribution in [0.3, 0.4) is 0 Å². The molecule has 4 heterocycles. The van der Waals surface area contributed by atoms with E-state index in [2.05, 4.69) is 30.9 Å². The Hall–Kier alpha value is -2.52. The van der Waals surface area contributed by atoms with Crippen molar-refractivity contribution in [3.8, 4) is 0 Å². The number of hydrogen-bond donors (Lipinski definition) is 2. The third-order valence-electron chi connectivity index (χ3n) is 6.56. The summed E-state index contributed by atoms with van der Waals surface area (Å²) in [6.07, 6.45) is 4.32. The van der Waals surface area contributed by atoms with Gasteiger partial charge in [0.25, 0.3) is 0 Å². The van der Waals surface area contributed by atoms with Gasteiger partial charge in [-0.3, -0.25) is 4.98 Å². The van der Waals surface area contributed by atoms with Gasteiger partial charge in [0.05, 0.1) is 17.3 Å². The third kappa shape index (κ3) is 2.91. The number of nitrogens with zero attached hydrogens (tertiary/aromatic N) is 3. The molecular weight excluding hydrogens is 404 g/mol. The average molecular weight is 429 g/mol. The smallest absolute Gasteiger partial charge is 0.352 e. The molecule has 0 bridgehead atoms. The van der Waals surface area contributed by atoms with Crippen LogP contribution in [0.1, 0.15) is 68.0 Å². The highest BCUT2D eigenvalue weighted by molar-refractivity contribution is 7.71. The number of rotatable bonds is 4. The van der Waals surface area contributed by atoms with Crippen LogP contribution in [-0.4, -0.2) is 43.0 Å². The number of H-pyrrole nitrogens is 1. The van der Waals surface area contributed by atoms with Crippen molar-refractivity contribution >= 4 is 29.1 Å². The fourth-order valence-corrected chi connectivity index (χ4v) is 5.12. The van der Waals surface area contributed by atoms with Crippen molar-refractivity contribution in [1.29, 1.82) is 0 Å². The summed E-state index contributed by atoms with van der Waals surface area (Å²) in [5, 5.41) is 13.6. The molecule has 9 heteroatoms. The number of fused-ring (bicyclic) bond motifs is 1. The predicted molar refractivity (Wildman–Crippen MR) is 111 cm³/mol. The van der Waals surface area contributed by atoms with Gasteiger partial charge >= 0.3 is 10.8 Å². The number of hydrogen-bond acceptors (Lipinski definition) is 6. The monoisotopic (exact) mass is 428 g/mol. The van der Waals surface area contributed by atoms with Crippen LogP contribution in [-0.2, 0) is 10.3 Å². The minimum atomic E-state index is -0.986. The van der Waals surface area contributed by atoms with Crippen LogP contribution >= 0.6 is 12.2 Å². The van der Waals surface area contributed by atoms with Gasteiger partial charge in [0.1, 0.15) is 11.2 Å². The van der Waals surface area contributed by atoms with Gasteiger partial charge in [0.2, 0.25) is 0 Å². The van der Waals surface area contributed by atoms with E-state index >= 15 is 0 Å². The van der Waals surface area contributed by atoms with Crippen molar-refractivity contribution < 1.29 is 19.2 Å². The number of aromatic carboxylic acids is 1. The van der Waals surface area contributed by atoms with E-state index in [1.54, 1.807) is 12.3 Å². The highest BCUT2D eigenvalue weighted by Crippen LogP contribution is 2.56. The van der Waals surface area contributed by atoms with Gasteiger partial charge in [-0.15, -0.1) is 0 Å². The normalized spacial score (nSPS) is 28.0. The molecule has 3 atom stereocenters. The molecule has 0 spiro atoms. The molecule has 30 heavy (non-hydrogen) atoms. The quantitative estimate of drug-likeness (QED) is 0.599. The molecule has 158 valence electrons. The molecule has 0 amide bonds. The van der Waals surface area contributed by atoms with Crippen molar-refractivity contribution in [2.45, 2.75) is 57.1 Å². The second-order valence-electron chi connectivity index (χ2n) is 9.10. The molecule has 0 aromatic carbocycles. The number of carbonyl (C=O) groups is 1. The Morgan fingerprint density at radius 2 is 2.13 bits per heavy atom. The largest absolute Gasteiger partial charge is 0.477 e. The molecule has 5 rings (SSSR count). The van der Waals surface area contributed by atoms with E-state index in [9.17, 15) is 9.90 Å². The summed E-state index contributed by atoms with van der Waals surface area (Å²) in [5.41, 5.74) is 1.15. The maximum absolute atomic E-state index is 12.1. The zero-order chi connectivity index (χ0) is 21.3. The SMILES string of the molecule is C[C@H]1C[C@]1(c1nc(=S)o[nH]1)n1c(C(=O)O)cc2cc([C@H]3CCOC(C)(C)C3)ncc21. The molecule has 3 aromatic heterocycles. The predicted octanol–water partition coefficient (Wildman–Crippen LogP) is 4.24. The summed E-state index contributed by atoms with van der Waals surface area (Å²) in [4.78, 5) is 21.3. The lowest BCUT2D eigenvalue weighted by Crippen LogP contribution is -2.33. The summed E-state index contributed by atoms with van der Waals surface area (Å²) in [5.74, 6) is 0.0314. The van der Waals surface area contributed by atoms with Gasteiger partial charge in [-0.25, -0.2) is 9.95 Å². The Kier molecular flexibility index (Phi) is 4.20. The van der Waals surface area contributed by atoms with Crippen molar-refractivity contribution in [2.24, 2.45) is 5.92 Å². The number of carboxylic acid groups (broad SMARTS) is 1. The maximum atomic E-state index is 12.1. The van der Waals surface area contributed by atoms with Gasteiger partial charge in [-0.05, 0) is 63.4 Å². The first-order chi connectivity index (χ1) is 14.2. The van der Waals surface area contributed by atoms with E-state index in [1.165, 1.54) is 0 Å². The number of aromatic nitrogens is 4. The van der Waals surface area contributed by atoms with Gasteiger partial charge in [-0.1, -0.05) is 6.92 Å². The maximum Gasteiger partial charge on any atom is 0.352 e. The van der Waals surface area contributed by atoms with E-state index in [0.29, 0.717) is 12.4 Å². The van der Waals surface area contributed by atoms with Crippen molar-refractivity contribution in [2.75, 3.05) is 6.61 Å². The molecular formula is C21H24N4O4S. The zero-order valence-electron chi connectivity index (χ0n) is 17.1. The summed E-state index contributed by atoms with van der Waals surface area (Å²) >= 11 is 5.03. The lowest BCUT2D eigenvalue weighted by atomic mass is 9.86. The number of pyridine rings is 1. The average Bonchev–Trinajstić information content (AvgIpc) is 3.03. The van der Waals surface area contributed by atoms with Crippen molar-refractivity contribution in [1.82, 2.24) is 19.7 Å². The van der Waals surface area contributed by atoms with Gasteiger partial charge in [0.15, 0.2) is 5.82 Å². The van der Waals surface area contributed by atoms with Gasteiger partial charge in [0, 0.05) is 23.6 Å². The Labute approximate surface area is 178 Å². The van der Waals surface area contributed by atoms with E-state index in [-0.39, 0.29) is 28.0 Å². The highest BCUT2D eigenvalue weighted by Gasteiger charge is 2.58. The molecule has 8 nitrogen and oxygen atoms in total. The van der Waals surface area contributed by atoms with E-state index < -0.39 is 11.5 Å². The molecule has 1 aliphatic heterocycles. The van der Waals surface area contributed by atoms with Crippen LogP contribution in [0.5, 0.6) is 0 Å². The Balaban J connectivity index is 1.65. The first kappa shape index (κ1) is 19.4. The van der Waals surface area contributed by atoms with Gasteiger partial charge in [-0.2, -0.15) is 4.98 Å². The topological polar surface area (TPSA) is 106 Å². The minimum absolute atomic E-state index is 0.111. The second kappa shape index (κ2) is 6.49. The number of carboxylic acids is 1. The van der Waals surface area contributed by atoms with Crippen LogP contribution < -0.4 is 0 Å². The van der Waals surface area contributed by atoms with E-state index in [4.69, 9.17) is 26.5 Å². The molecule has 2 fully saturated rings. The zero-order valence-corrected chi connectivity index (χ0v) is 18.0. The van der Waals surface area contributed by atoms with Crippen LogP contribution in [0.25, 0.3) is 10.9 Å². The Bertz CT molecular complexity index is 1210. The molecule has 2 N–H and O–H groups in total. The van der Waals surface area contributed by atoms with Crippen LogP contribution in [0, 0.1) is 10.8 Å². The third-order valence-corrected chi connectivity index (χ3v) is 6.74. The first-order valence-electron chi connectivity index (χ1n) is 10.2. The molecule has 0 unspecified atom stereocenters. The number of nitrogens with one attached hydrogen (secondary N) is 1. The summed E-state index contributed by atoms with van der Waals surface area (Å²) < 4.78 is 12.8. The fourth-order valence-electron chi connectivity index (χ4n) is 4.99. The lowest BCUT2D eigenvalue weighted by Gasteiger charge is -2.35. The summed E-state index contributed by atoms with van der Waals surface area (Å²) in [7, 11) is 0. The number of ether oxygens (including phenoxy) is 1. The summed E-state index contributed by atoms with van der Waals surface area (Å²) in [6, 6.07) is 3.75. The van der Waals surface area contributed by atoms with Crippen LogP contribution in [0.15, 0.2) is 22.9 Å². The standard InChI is InChI=1S/C21H24N4O4S/c1-11-8-21(11,18-23-19(30)29-24-18)25-15(17(26)27)7-13-6-14(22-10-16(13)25)12-4-5-28-20(2,3)9-12/h6-7,10-12H,4-5,8-9H2,1-3H3,(H,26,27)(H,23,24,30)/t11-,12-,21-/m0/s1. The molecule has 1 saturated carbocycles. The van der Waals surface area contributed by atoms with Crippen LogP contribution in [0.2, 0.25) is 0 Å². The lowest BCUT2D eigenvalue weighted by molar-refractivity contribution is -0.0597. The Morgan fingerprint density at radius 3 is 2.73 bits per heavy atom. The highest BCUT2D eigenvalue weighted by atomic mass is 32.1. The first-order valence-corrected chi connectivity index (χ1v) is 10.6. The van der Waals surface area contributed by atoms with Crippen molar-refractivity contribution in [3.05, 3.63) is 40.4 Å². The fraction of sp³-hybridized carbons (Fsp3) is 0.524. The molecule has 1 saturated heterocycles. The molecule has 1 aliphatic carbocycles. The number of aromatic amines is 1. The van der Waals surface area contributed by atoms with Crippen LogP contribution in [0.4, 0.5) is 0 Å². The van der Waals surface area contributed by atoms with Crippen molar-refractivity contribution in [3.63, 3.8) is 0 Å². The molecule has 2 aliphatic rings. The minimum Gasteiger partial charge on any atom is -0.477 e. The molecule has 3 aromatic rings.